The van der Waals surface area contributed by atoms with Crippen LogP contribution in [0, 0.1) is 35.0 Å². The fourth-order valence-corrected chi connectivity index (χ4v) is 5.11. The number of hydrogen-bond acceptors (Lipinski definition) is 3. The summed E-state index contributed by atoms with van der Waals surface area (Å²) in [6.07, 6.45) is 6.76. The molecule has 104 valence electrons. The molecule has 0 aromatic carbocycles. The minimum Gasteiger partial charge on any atom is -0.387 e. The molecule has 4 rings (SSSR count). The van der Waals surface area contributed by atoms with E-state index in [1.165, 1.54) is 32.1 Å². The summed E-state index contributed by atoms with van der Waals surface area (Å²) in [5.41, 5.74) is 0. The first-order chi connectivity index (χ1) is 9.22. The van der Waals surface area contributed by atoms with Crippen molar-refractivity contribution in [2.24, 2.45) is 23.7 Å². The maximum absolute atomic E-state index is 12.0. The van der Waals surface area contributed by atoms with Gasteiger partial charge in [-0.3, -0.25) is 4.79 Å². The highest BCUT2D eigenvalue weighted by Crippen LogP contribution is 2.55. The summed E-state index contributed by atoms with van der Waals surface area (Å²) in [4.78, 5) is 13.8. The van der Waals surface area contributed by atoms with Gasteiger partial charge < -0.3 is 10.0 Å². The number of aliphatic hydroxyl groups is 1. The molecule has 4 saturated carbocycles. The highest BCUT2D eigenvalue weighted by molar-refractivity contribution is 5.77. The molecule has 1 N–H and O–H groups in total. The lowest BCUT2D eigenvalue weighted by Gasteiger charge is -2.57. The monoisotopic (exact) mass is 262 g/mol. The number of carbonyl (C=O) groups is 1. The maximum Gasteiger partial charge on any atom is 0.248 e. The minimum absolute atomic E-state index is 0.187. The average molecular weight is 262 g/mol. The van der Waals surface area contributed by atoms with Crippen LogP contribution in [0.2, 0.25) is 0 Å². The largest absolute Gasteiger partial charge is 0.387 e. The van der Waals surface area contributed by atoms with Crippen LogP contribution in [0.1, 0.15) is 38.5 Å². The van der Waals surface area contributed by atoms with Gasteiger partial charge in [0.2, 0.25) is 5.91 Å². The third-order valence-corrected chi connectivity index (χ3v) is 5.46. The molecule has 0 aromatic rings. The average Bonchev–Trinajstić information content (AvgIpc) is 2.40. The second-order valence-electron chi connectivity index (χ2n) is 6.57. The predicted molar refractivity (Wildman–Crippen MR) is 69.9 cm³/mol. The van der Waals surface area contributed by atoms with Crippen LogP contribution in [-0.4, -0.2) is 35.1 Å². The van der Waals surface area contributed by atoms with Crippen molar-refractivity contribution >= 4 is 5.91 Å². The van der Waals surface area contributed by atoms with E-state index in [2.05, 4.69) is 6.07 Å². The van der Waals surface area contributed by atoms with Crippen LogP contribution in [-0.2, 0) is 4.79 Å². The molecule has 0 heterocycles. The van der Waals surface area contributed by atoms with E-state index in [-0.39, 0.29) is 5.91 Å². The minimum atomic E-state index is -0.422. The van der Waals surface area contributed by atoms with Gasteiger partial charge >= 0.3 is 0 Å². The third-order valence-electron chi connectivity index (χ3n) is 5.46. The second kappa shape index (κ2) is 5.13. The molecule has 19 heavy (non-hydrogen) atoms. The van der Waals surface area contributed by atoms with Gasteiger partial charge in [-0.25, -0.2) is 0 Å². The fourth-order valence-electron chi connectivity index (χ4n) is 5.11. The van der Waals surface area contributed by atoms with Crippen molar-refractivity contribution in [3.8, 4) is 6.07 Å². The lowest BCUT2D eigenvalue weighted by Crippen LogP contribution is -2.58. The van der Waals surface area contributed by atoms with Gasteiger partial charge in [-0.1, -0.05) is 0 Å². The Morgan fingerprint density at radius 2 is 1.74 bits per heavy atom. The molecule has 4 heteroatoms. The van der Waals surface area contributed by atoms with Gasteiger partial charge in [0.25, 0.3) is 0 Å². The van der Waals surface area contributed by atoms with Gasteiger partial charge in [0.05, 0.1) is 12.5 Å². The zero-order valence-corrected chi connectivity index (χ0v) is 11.3. The summed E-state index contributed by atoms with van der Waals surface area (Å²) in [6, 6.07) is 2.42. The normalized spacial score (nSPS) is 39.1. The van der Waals surface area contributed by atoms with Crippen LogP contribution in [0.5, 0.6) is 0 Å². The number of nitrogens with zero attached hydrogens (tertiary/aromatic N) is 2. The Bertz CT molecular complexity index is 373. The van der Waals surface area contributed by atoms with Crippen molar-refractivity contribution in [1.29, 1.82) is 5.26 Å². The summed E-state index contributed by atoms with van der Waals surface area (Å²) in [7, 11) is 0. The van der Waals surface area contributed by atoms with E-state index >= 15 is 0 Å². The molecule has 0 spiro atoms. The van der Waals surface area contributed by atoms with E-state index < -0.39 is 6.61 Å². The van der Waals surface area contributed by atoms with Gasteiger partial charge in [0.1, 0.15) is 6.61 Å². The van der Waals surface area contributed by atoms with E-state index in [4.69, 9.17) is 5.26 Å². The lowest BCUT2D eigenvalue weighted by molar-refractivity contribution is -0.146. The van der Waals surface area contributed by atoms with Gasteiger partial charge in [0, 0.05) is 12.6 Å². The van der Waals surface area contributed by atoms with Crippen molar-refractivity contribution in [2.45, 2.75) is 44.6 Å². The summed E-state index contributed by atoms with van der Waals surface area (Å²) in [5.74, 6) is 2.80. The molecular formula is C15H22N2O2. The van der Waals surface area contributed by atoms with E-state index in [1.807, 2.05) is 4.90 Å². The highest BCUT2D eigenvalue weighted by atomic mass is 16.3. The summed E-state index contributed by atoms with van der Waals surface area (Å²) in [6.45, 7) is 0.0666. The van der Waals surface area contributed by atoms with Crippen molar-refractivity contribution < 1.29 is 9.90 Å². The number of aliphatic hydroxyl groups excluding tert-OH is 1. The third kappa shape index (κ3) is 2.25. The molecule has 0 aliphatic heterocycles. The predicted octanol–water partition coefficient (Wildman–Crippen LogP) is 1.55. The van der Waals surface area contributed by atoms with E-state index in [0.717, 1.165) is 11.8 Å². The summed E-state index contributed by atoms with van der Waals surface area (Å²) in [5, 5.41) is 18.0. The van der Waals surface area contributed by atoms with Crippen LogP contribution >= 0.6 is 0 Å². The van der Waals surface area contributed by atoms with Crippen LogP contribution in [0.15, 0.2) is 0 Å². The molecule has 0 unspecified atom stereocenters. The first kappa shape index (κ1) is 12.9. The topological polar surface area (TPSA) is 64.3 Å². The van der Waals surface area contributed by atoms with Crippen LogP contribution < -0.4 is 0 Å². The Kier molecular flexibility index (Phi) is 3.49. The fraction of sp³-hybridized carbons (Fsp3) is 0.867. The molecule has 4 aliphatic rings. The van der Waals surface area contributed by atoms with Gasteiger partial charge in [-0.15, -0.1) is 0 Å². The molecule has 4 fully saturated rings. The van der Waals surface area contributed by atoms with Gasteiger partial charge in [0.15, 0.2) is 0 Å². The smallest absolute Gasteiger partial charge is 0.248 e. The van der Waals surface area contributed by atoms with Crippen LogP contribution in [0.4, 0.5) is 0 Å². The van der Waals surface area contributed by atoms with Crippen LogP contribution in [0.3, 0.4) is 0 Å². The quantitative estimate of drug-likeness (QED) is 0.836. The second-order valence-corrected chi connectivity index (χ2v) is 6.57. The molecular weight excluding hydrogens is 240 g/mol. The number of nitriles is 1. The van der Waals surface area contributed by atoms with Crippen molar-refractivity contribution in [2.75, 3.05) is 13.2 Å². The summed E-state index contributed by atoms with van der Waals surface area (Å²) >= 11 is 0. The lowest BCUT2D eigenvalue weighted by atomic mass is 9.54. The molecule has 4 aliphatic carbocycles. The number of hydrogen-bond donors (Lipinski definition) is 1. The van der Waals surface area contributed by atoms with Crippen LogP contribution in [0.25, 0.3) is 0 Å². The van der Waals surface area contributed by atoms with E-state index in [9.17, 15) is 9.90 Å². The Morgan fingerprint density at radius 3 is 2.21 bits per heavy atom. The number of carbonyl (C=O) groups excluding carboxylic acids is 1. The van der Waals surface area contributed by atoms with Crippen molar-refractivity contribution in [1.82, 2.24) is 4.90 Å². The Labute approximate surface area is 114 Å². The molecule has 1 amide bonds. The zero-order valence-electron chi connectivity index (χ0n) is 11.3. The standard InChI is InChI=1S/C15H22N2O2/c16-2-1-3-17(14(19)9-18)15-12-5-10-4-11(7-12)8-13(15)6-10/h10-13,15,18H,1,3-9H2. The van der Waals surface area contributed by atoms with E-state index in [0.29, 0.717) is 30.8 Å². The van der Waals surface area contributed by atoms with Gasteiger partial charge in [-0.2, -0.15) is 5.26 Å². The zero-order chi connectivity index (χ0) is 13.4. The highest BCUT2D eigenvalue weighted by Gasteiger charge is 2.50. The Hall–Kier alpha value is -1.08. The van der Waals surface area contributed by atoms with Crippen molar-refractivity contribution in [3.63, 3.8) is 0 Å². The maximum atomic E-state index is 12.0. The molecule has 0 aromatic heterocycles. The molecule has 0 saturated heterocycles. The summed E-state index contributed by atoms with van der Waals surface area (Å²) < 4.78 is 0. The number of amides is 1. The first-order valence-electron chi connectivity index (χ1n) is 7.50. The van der Waals surface area contributed by atoms with Crippen molar-refractivity contribution in [3.05, 3.63) is 0 Å². The molecule has 0 radical (unpaired) electrons. The van der Waals surface area contributed by atoms with E-state index in [1.54, 1.807) is 0 Å². The number of rotatable bonds is 4. The molecule has 4 nitrogen and oxygen atoms in total. The molecule has 4 bridgehead atoms. The van der Waals surface area contributed by atoms with Gasteiger partial charge in [-0.05, 0) is 55.8 Å². The SMILES string of the molecule is N#CCCN(C(=O)CO)C1C2CC3CC(C2)CC1C3. The Balaban J connectivity index is 1.78. The Morgan fingerprint density at radius 1 is 1.16 bits per heavy atom. The molecule has 0 atom stereocenters. The first-order valence-corrected chi connectivity index (χ1v) is 7.50.